The first-order valence-electron chi connectivity index (χ1n) is 7.56. The molecule has 1 aliphatic heterocycles. The van der Waals surface area contributed by atoms with Crippen LogP contribution >= 0.6 is 0 Å². The van der Waals surface area contributed by atoms with Gasteiger partial charge in [-0.15, -0.1) is 0 Å². The molecule has 6 nitrogen and oxygen atoms in total. The van der Waals surface area contributed by atoms with Crippen LogP contribution in [0.5, 0.6) is 0 Å². The third-order valence-corrected chi connectivity index (χ3v) is 4.20. The summed E-state index contributed by atoms with van der Waals surface area (Å²) in [6.45, 7) is 2.33. The third kappa shape index (κ3) is 4.35. The molecule has 1 saturated heterocycles. The van der Waals surface area contributed by atoms with Crippen LogP contribution in [-0.4, -0.2) is 44.2 Å². The average molecular weight is 347 g/mol. The number of alkyl halides is 3. The monoisotopic (exact) mass is 347 g/mol. The minimum atomic E-state index is -4.66. The van der Waals surface area contributed by atoms with Crippen LogP contribution in [0, 0.1) is 5.41 Å². The van der Waals surface area contributed by atoms with E-state index in [9.17, 15) is 22.8 Å². The molecule has 0 aromatic carbocycles. The van der Waals surface area contributed by atoms with E-state index in [0.29, 0.717) is 19.2 Å². The molecule has 0 radical (unpaired) electrons. The van der Waals surface area contributed by atoms with Crippen molar-refractivity contribution in [2.24, 2.45) is 5.41 Å². The number of piperidine rings is 1. The van der Waals surface area contributed by atoms with Gasteiger partial charge in [-0.1, -0.05) is 0 Å². The largest absolute Gasteiger partial charge is 0.431 e. The van der Waals surface area contributed by atoms with Crippen LogP contribution in [-0.2, 0) is 10.9 Å². The summed E-state index contributed by atoms with van der Waals surface area (Å²) < 4.78 is 42.8. The van der Waals surface area contributed by atoms with Gasteiger partial charge in [-0.05, 0) is 38.1 Å². The van der Waals surface area contributed by atoms with Gasteiger partial charge in [0, 0.05) is 19.1 Å². The minimum absolute atomic E-state index is 0.242. The normalized spacial score (nSPS) is 17.5. The number of halogens is 3. The zero-order valence-electron chi connectivity index (χ0n) is 13.3. The highest BCUT2D eigenvalue weighted by molar-refractivity contribution is 5.93. The molecule has 0 spiro atoms. The van der Waals surface area contributed by atoms with E-state index in [1.165, 1.54) is 0 Å². The molecule has 1 amide bonds. The summed E-state index contributed by atoms with van der Waals surface area (Å²) in [7, 11) is 1.58. The highest BCUT2D eigenvalue weighted by Gasteiger charge is 2.34. The molecule has 1 fully saturated rings. The highest BCUT2D eigenvalue weighted by Crippen LogP contribution is 2.28. The van der Waals surface area contributed by atoms with Crippen molar-refractivity contribution in [1.82, 2.24) is 15.6 Å². The molecule has 0 atom stereocenters. The number of hydrogen-bond acceptors (Lipinski definition) is 4. The van der Waals surface area contributed by atoms with Crippen molar-refractivity contribution in [3.63, 3.8) is 0 Å². The van der Waals surface area contributed by atoms with E-state index in [2.05, 4.69) is 10.6 Å². The van der Waals surface area contributed by atoms with Gasteiger partial charge < -0.3 is 20.4 Å². The van der Waals surface area contributed by atoms with Crippen LogP contribution < -0.4 is 16.2 Å². The standard InChI is InChI=1S/C15H20F3N3O3/c1-24-9-14(4-6-19-7-5-14)8-20-12(22)10-2-3-11(15(16,17)18)21-13(10)23/h2-3,19H,4-9H2,1H3,(H,20,22)(H,21,23). The smallest absolute Gasteiger partial charge is 0.384 e. The molecule has 0 unspecified atom stereocenters. The first-order valence-corrected chi connectivity index (χ1v) is 7.56. The molecule has 0 saturated carbocycles. The van der Waals surface area contributed by atoms with Crippen molar-refractivity contribution in [2.75, 3.05) is 33.4 Å². The number of nitrogens with one attached hydrogen (secondary N) is 3. The Labute approximate surface area is 136 Å². The predicted molar refractivity (Wildman–Crippen MR) is 80.8 cm³/mol. The predicted octanol–water partition coefficient (Wildman–Crippen LogP) is 1.14. The maximum absolute atomic E-state index is 12.5. The van der Waals surface area contributed by atoms with Gasteiger partial charge in [0.15, 0.2) is 0 Å². The summed E-state index contributed by atoms with van der Waals surface area (Å²) in [5.41, 5.74) is -2.83. The maximum Gasteiger partial charge on any atom is 0.431 e. The molecule has 9 heteroatoms. The molecular formula is C15H20F3N3O3. The van der Waals surface area contributed by atoms with Crippen LogP contribution in [0.2, 0.25) is 0 Å². The lowest BCUT2D eigenvalue weighted by molar-refractivity contribution is -0.141. The fourth-order valence-corrected chi connectivity index (χ4v) is 2.82. The lowest BCUT2D eigenvalue weighted by Gasteiger charge is -2.37. The zero-order valence-corrected chi connectivity index (χ0v) is 13.3. The highest BCUT2D eigenvalue weighted by atomic mass is 19.4. The first-order chi connectivity index (χ1) is 11.3. The molecule has 1 aromatic heterocycles. The van der Waals surface area contributed by atoms with E-state index in [4.69, 9.17) is 4.74 Å². The van der Waals surface area contributed by atoms with E-state index in [-0.39, 0.29) is 11.0 Å². The van der Waals surface area contributed by atoms with E-state index >= 15 is 0 Å². The molecule has 3 N–H and O–H groups in total. The topological polar surface area (TPSA) is 83.2 Å². The quantitative estimate of drug-likeness (QED) is 0.746. The van der Waals surface area contributed by atoms with Gasteiger partial charge in [0.2, 0.25) is 0 Å². The summed E-state index contributed by atoms with van der Waals surface area (Å²) in [4.78, 5) is 25.6. The Morgan fingerprint density at radius 3 is 2.54 bits per heavy atom. The number of carbonyl (C=O) groups excluding carboxylic acids is 1. The molecule has 0 bridgehead atoms. The first kappa shape index (κ1) is 18.5. The van der Waals surface area contributed by atoms with Crippen LogP contribution in [0.25, 0.3) is 0 Å². The number of aromatic amines is 1. The maximum atomic E-state index is 12.5. The summed E-state index contributed by atoms with van der Waals surface area (Å²) in [6, 6.07) is 1.58. The van der Waals surface area contributed by atoms with Crippen LogP contribution in [0.15, 0.2) is 16.9 Å². The lowest BCUT2D eigenvalue weighted by Crippen LogP contribution is -2.47. The minimum Gasteiger partial charge on any atom is -0.384 e. The SMILES string of the molecule is COCC1(CNC(=O)c2ccc(C(F)(F)F)[nH]c2=O)CCNCC1. The second-order valence-electron chi connectivity index (χ2n) is 5.98. The van der Waals surface area contributed by atoms with Crippen molar-refractivity contribution in [2.45, 2.75) is 19.0 Å². The van der Waals surface area contributed by atoms with Gasteiger partial charge >= 0.3 is 6.18 Å². The van der Waals surface area contributed by atoms with Crippen LogP contribution in [0.4, 0.5) is 13.2 Å². The number of hydrogen-bond donors (Lipinski definition) is 3. The number of methoxy groups -OCH3 is 1. The molecule has 1 aliphatic rings. The number of rotatable bonds is 5. The second-order valence-corrected chi connectivity index (χ2v) is 5.98. The van der Waals surface area contributed by atoms with Crippen molar-refractivity contribution in [3.8, 4) is 0 Å². The molecule has 0 aliphatic carbocycles. The van der Waals surface area contributed by atoms with E-state index in [1.807, 2.05) is 0 Å². The Balaban J connectivity index is 2.08. The zero-order chi connectivity index (χ0) is 17.8. The molecule has 134 valence electrons. The average Bonchev–Trinajstić information content (AvgIpc) is 2.53. The Kier molecular flexibility index (Phi) is 5.66. The van der Waals surface area contributed by atoms with Gasteiger partial charge in [-0.25, -0.2) is 0 Å². The molecule has 2 rings (SSSR count). The Hall–Kier alpha value is -1.87. The van der Waals surface area contributed by atoms with Gasteiger partial charge in [-0.2, -0.15) is 13.2 Å². The van der Waals surface area contributed by atoms with Crippen molar-refractivity contribution >= 4 is 5.91 Å². The molecule has 2 heterocycles. The summed E-state index contributed by atoms with van der Waals surface area (Å²) in [5.74, 6) is -0.695. The van der Waals surface area contributed by atoms with Gasteiger partial charge in [0.1, 0.15) is 11.3 Å². The van der Waals surface area contributed by atoms with Crippen LogP contribution in [0.1, 0.15) is 28.9 Å². The number of H-pyrrole nitrogens is 1. The fraction of sp³-hybridized carbons (Fsp3) is 0.600. The van der Waals surface area contributed by atoms with Gasteiger partial charge in [-0.3, -0.25) is 9.59 Å². The van der Waals surface area contributed by atoms with Crippen molar-refractivity contribution in [1.29, 1.82) is 0 Å². The van der Waals surface area contributed by atoms with E-state index < -0.39 is 23.3 Å². The van der Waals surface area contributed by atoms with Crippen molar-refractivity contribution < 1.29 is 22.7 Å². The molecule has 1 aromatic rings. The summed E-state index contributed by atoms with van der Waals surface area (Å²) in [6.07, 6.45) is -3.07. The van der Waals surface area contributed by atoms with Gasteiger partial charge in [0.05, 0.1) is 6.61 Å². The number of pyridine rings is 1. The lowest BCUT2D eigenvalue weighted by atomic mass is 9.79. The van der Waals surface area contributed by atoms with E-state index in [0.717, 1.165) is 32.0 Å². The molecular weight excluding hydrogens is 327 g/mol. The summed E-state index contributed by atoms with van der Waals surface area (Å²) in [5, 5.41) is 5.86. The molecule has 24 heavy (non-hydrogen) atoms. The second kappa shape index (κ2) is 7.35. The Morgan fingerprint density at radius 1 is 1.33 bits per heavy atom. The van der Waals surface area contributed by atoms with Crippen molar-refractivity contribution in [3.05, 3.63) is 33.7 Å². The Bertz CT molecular complexity index is 631. The Morgan fingerprint density at radius 2 is 2.00 bits per heavy atom. The third-order valence-electron chi connectivity index (χ3n) is 4.20. The fourth-order valence-electron chi connectivity index (χ4n) is 2.82. The summed E-state index contributed by atoms with van der Waals surface area (Å²) >= 11 is 0. The van der Waals surface area contributed by atoms with E-state index in [1.54, 1.807) is 12.1 Å². The van der Waals surface area contributed by atoms with Gasteiger partial charge in [0.25, 0.3) is 11.5 Å². The number of carbonyl (C=O) groups is 1. The number of ether oxygens (including phenoxy) is 1. The van der Waals surface area contributed by atoms with Crippen LogP contribution in [0.3, 0.4) is 0 Å². The number of amides is 1. The number of aromatic nitrogens is 1.